The van der Waals surface area contributed by atoms with E-state index in [0.717, 1.165) is 5.56 Å². The Morgan fingerprint density at radius 1 is 1.22 bits per heavy atom. The SMILES string of the molecule is Cc1cccn(CC(=O)NC(C)C(O)Cc2ccccc2)c1=O. The largest absolute Gasteiger partial charge is 0.391 e. The Balaban J connectivity index is 1.91. The van der Waals surface area contributed by atoms with Gasteiger partial charge in [-0.25, -0.2) is 0 Å². The van der Waals surface area contributed by atoms with Gasteiger partial charge in [-0.05, 0) is 25.5 Å². The molecule has 2 atom stereocenters. The Hall–Kier alpha value is -2.40. The van der Waals surface area contributed by atoms with Crippen molar-refractivity contribution in [1.29, 1.82) is 0 Å². The average Bonchev–Trinajstić information content (AvgIpc) is 2.52. The van der Waals surface area contributed by atoms with Crippen molar-refractivity contribution in [2.45, 2.75) is 39.0 Å². The second-order valence-corrected chi connectivity index (χ2v) is 5.74. The van der Waals surface area contributed by atoms with Gasteiger partial charge in [-0.2, -0.15) is 0 Å². The number of pyridine rings is 1. The number of aromatic nitrogens is 1. The van der Waals surface area contributed by atoms with Crippen LogP contribution in [0.4, 0.5) is 0 Å². The quantitative estimate of drug-likeness (QED) is 0.843. The fourth-order valence-corrected chi connectivity index (χ4v) is 2.36. The van der Waals surface area contributed by atoms with Crippen molar-refractivity contribution in [2.24, 2.45) is 0 Å². The minimum absolute atomic E-state index is 0.0527. The van der Waals surface area contributed by atoms with Crippen molar-refractivity contribution >= 4 is 5.91 Å². The van der Waals surface area contributed by atoms with Crippen LogP contribution in [0.15, 0.2) is 53.5 Å². The number of benzene rings is 1. The van der Waals surface area contributed by atoms with E-state index >= 15 is 0 Å². The standard InChI is InChI=1S/C18H22N2O3/c1-13-7-6-10-20(18(13)23)12-17(22)19-14(2)16(21)11-15-8-4-3-5-9-15/h3-10,14,16,21H,11-12H2,1-2H3,(H,19,22). The van der Waals surface area contributed by atoms with Crippen LogP contribution >= 0.6 is 0 Å². The number of amides is 1. The van der Waals surface area contributed by atoms with Gasteiger partial charge in [0.05, 0.1) is 12.1 Å². The fourth-order valence-electron chi connectivity index (χ4n) is 2.36. The molecule has 0 aliphatic carbocycles. The first-order valence-electron chi connectivity index (χ1n) is 7.65. The van der Waals surface area contributed by atoms with Crippen molar-refractivity contribution < 1.29 is 9.90 Å². The molecule has 0 saturated carbocycles. The Bertz CT molecular complexity index is 710. The number of aliphatic hydroxyl groups is 1. The summed E-state index contributed by atoms with van der Waals surface area (Å²) in [6, 6.07) is 12.7. The predicted molar refractivity (Wildman–Crippen MR) is 89.2 cm³/mol. The van der Waals surface area contributed by atoms with Crippen LogP contribution in [0.1, 0.15) is 18.1 Å². The summed E-state index contributed by atoms with van der Waals surface area (Å²) in [5.74, 6) is -0.294. The topological polar surface area (TPSA) is 71.3 Å². The third-order valence-corrected chi connectivity index (χ3v) is 3.78. The van der Waals surface area contributed by atoms with E-state index in [1.165, 1.54) is 4.57 Å². The summed E-state index contributed by atoms with van der Waals surface area (Å²) < 4.78 is 1.36. The lowest BCUT2D eigenvalue weighted by Gasteiger charge is -2.20. The second kappa shape index (κ2) is 7.74. The van der Waals surface area contributed by atoms with Gasteiger partial charge in [-0.3, -0.25) is 9.59 Å². The van der Waals surface area contributed by atoms with Crippen molar-refractivity contribution in [3.8, 4) is 0 Å². The zero-order valence-electron chi connectivity index (χ0n) is 13.4. The highest BCUT2D eigenvalue weighted by Crippen LogP contribution is 2.06. The fraction of sp³-hybridized carbons (Fsp3) is 0.333. The highest BCUT2D eigenvalue weighted by Gasteiger charge is 2.17. The number of aryl methyl sites for hydroxylation is 1. The van der Waals surface area contributed by atoms with Gasteiger partial charge in [0.2, 0.25) is 5.91 Å². The van der Waals surface area contributed by atoms with E-state index in [1.807, 2.05) is 30.3 Å². The zero-order chi connectivity index (χ0) is 16.8. The Morgan fingerprint density at radius 2 is 1.91 bits per heavy atom. The summed E-state index contributed by atoms with van der Waals surface area (Å²) in [5, 5.41) is 12.9. The predicted octanol–water partition coefficient (Wildman–Crippen LogP) is 1.27. The van der Waals surface area contributed by atoms with Crippen LogP contribution < -0.4 is 10.9 Å². The number of aliphatic hydroxyl groups excluding tert-OH is 1. The van der Waals surface area contributed by atoms with Gasteiger partial charge in [0.15, 0.2) is 0 Å². The van der Waals surface area contributed by atoms with Crippen LogP contribution in [0.5, 0.6) is 0 Å². The molecule has 5 heteroatoms. The molecule has 1 heterocycles. The smallest absolute Gasteiger partial charge is 0.253 e. The van der Waals surface area contributed by atoms with Crippen LogP contribution in [-0.4, -0.2) is 27.7 Å². The molecule has 1 aromatic carbocycles. The van der Waals surface area contributed by atoms with Crippen LogP contribution in [0.2, 0.25) is 0 Å². The lowest BCUT2D eigenvalue weighted by atomic mass is 10.0. The Labute approximate surface area is 135 Å². The van der Waals surface area contributed by atoms with E-state index in [0.29, 0.717) is 12.0 Å². The normalized spacial score (nSPS) is 13.3. The van der Waals surface area contributed by atoms with Gasteiger partial charge in [0.25, 0.3) is 5.56 Å². The summed E-state index contributed by atoms with van der Waals surface area (Å²) in [4.78, 5) is 24.0. The third kappa shape index (κ3) is 4.79. The molecule has 0 aliphatic heterocycles. The number of rotatable bonds is 6. The van der Waals surface area contributed by atoms with E-state index in [-0.39, 0.29) is 18.0 Å². The van der Waals surface area contributed by atoms with Crippen molar-refractivity contribution in [1.82, 2.24) is 9.88 Å². The average molecular weight is 314 g/mol. The Kier molecular flexibility index (Phi) is 5.71. The highest BCUT2D eigenvalue weighted by molar-refractivity contribution is 5.76. The molecule has 23 heavy (non-hydrogen) atoms. The molecule has 5 nitrogen and oxygen atoms in total. The molecule has 2 aromatic rings. The van der Waals surface area contributed by atoms with E-state index in [9.17, 15) is 14.7 Å². The molecule has 0 saturated heterocycles. The monoisotopic (exact) mass is 314 g/mol. The molecule has 122 valence electrons. The maximum atomic E-state index is 12.1. The zero-order valence-corrected chi connectivity index (χ0v) is 13.4. The minimum Gasteiger partial charge on any atom is -0.391 e. The van der Waals surface area contributed by atoms with E-state index in [2.05, 4.69) is 5.32 Å². The summed E-state index contributed by atoms with van der Waals surface area (Å²) >= 11 is 0. The summed E-state index contributed by atoms with van der Waals surface area (Å²) in [7, 11) is 0. The molecule has 0 radical (unpaired) electrons. The van der Waals surface area contributed by atoms with Crippen molar-refractivity contribution in [2.75, 3.05) is 0 Å². The summed E-state index contributed by atoms with van der Waals surface area (Å²) in [6.07, 6.45) is 1.36. The van der Waals surface area contributed by atoms with Gasteiger partial charge < -0.3 is 15.0 Å². The number of hydrogen-bond acceptors (Lipinski definition) is 3. The van der Waals surface area contributed by atoms with Crippen LogP contribution in [0.25, 0.3) is 0 Å². The minimum atomic E-state index is -0.685. The molecule has 1 amide bonds. The molecule has 0 bridgehead atoms. The number of nitrogens with one attached hydrogen (secondary N) is 1. The van der Waals surface area contributed by atoms with E-state index in [4.69, 9.17) is 0 Å². The summed E-state index contributed by atoms with van der Waals surface area (Å²) in [5.41, 5.74) is 1.42. The first kappa shape index (κ1) is 17.0. The van der Waals surface area contributed by atoms with E-state index in [1.54, 1.807) is 32.2 Å². The molecule has 2 N–H and O–H groups in total. The maximum Gasteiger partial charge on any atom is 0.253 e. The first-order valence-corrected chi connectivity index (χ1v) is 7.65. The highest BCUT2D eigenvalue weighted by atomic mass is 16.3. The molecule has 1 aromatic heterocycles. The summed E-state index contributed by atoms with van der Waals surface area (Å²) in [6.45, 7) is 3.41. The van der Waals surface area contributed by atoms with Gasteiger partial charge in [-0.15, -0.1) is 0 Å². The third-order valence-electron chi connectivity index (χ3n) is 3.78. The molecule has 0 aliphatic rings. The van der Waals surface area contributed by atoms with Crippen molar-refractivity contribution in [3.63, 3.8) is 0 Å². The molecule has 0 fully saturated rings. The Morgan fingerprint density at radius 3 is 2.61 bits per heavy atom. The first-order chi connectivity index (χ1) is 11.0. The maximum absolute atomic E-state index is 12.1. The van der Waals surface area contributed by atoms with Crippen molar-refractivity contribution in [3.05, 3.63) is 70.1 Å². The lowest BCUT2D eigenvalue weighted by molar-refractivity contribution is -0.123. The van der Waals surface area contributed by atoms with Crippen LogP contribution in [0, 0.1) is 6.92 Å². The molecule has 2 unspecified atom stereocenters. The molecule has 0 spiro atoms. The van der Waals surface area contributed by atoms with Gasteiger partial charge in [0.1, 0.15) is 6.54 Å². The van der Waals surface area contributed by atoms with Crippen LogP contribution in [0.3, 0.4) is 0 Å². The van der Waals surface area contributed by atoms with E-state index < -0.39 is 12.1 Å². The lowest BCUT2D eigenvalue weighted by Crippen LogP contribution is -2.44. The molecule has 2 rings (SSSR count). The number of carbonyl (C=O) groups is 1. The van der Waals surface area contributed by atoms with Gasteiger partial charge in [0, 0.05) is 18.2 Å². The number of hydrogen-bond donors (Lipinski definition) is 2. The number of carbonyl (C=O) groups excluding carboxylic acids is 1. The van der Waals surface area contributed by atoms with Crippen LogP contribution in [-0.2, 0) is 17.8 Å². The second-order valence-electron chi connectivity index (χ2n) is 5.74. The van der Waals surface area contributed by atoms with Gasteiger partial charge >= 0.3 is 0 Å². The van der Waals surface area contributed by atoms with Gasteiger partial charge in [-0.1, -0.05) is 36.4 Å². The molecular formula is C18H22N2O3. The molecular weight excluding hydrogens is 292 g/mol. The number of nitrogens with zero attached hydrogens (tertiary/aromatic N) is 1.